The molecule has 0 bridgehead atoms. The molecule has 1 aliphatic rings. The van der Waals surface area contributed by atoms with Crippen molar-refractivity contribution in [3.05, 3.63) is 0 Å². The van der Waals surface area contributed by atoms with Crippen LogP contribution < -0.4 is 5.32 Å². The van der Waals surface area contributed by atoms with Crippen molar-refractivity contribution >= 4 is 11.9 Å². The van der Waals surface area contributed by atoms with E-state index in [1.54, 1.807) is 0 Å². The van der Waals surface area contributed by atoms with Crippen molar-refractivity contribution in [3.8, 4) is 0 Å². The molecule has 1 heterocycles. The molecule has 0 spiro atoms. The minimum absolute atomic E-state index is 0.0462. The zero-order valence-corrected chi connectivity index (χ0v) is 10.4. The van der Waals surface area contributed by atoms with E-state index in [0.717, 1.165) is 26.1 Å². The fourth-order valence-corrected chi connectivity index (χ4v) is 2.10. The highest BCUT2D eigenvalue weighted by Crippen LogP contribution is 2.12. The Bertz CT molecular complexity index is 268. The van der Waals surface area contributed by atoms with Gasteiger partial charge < -0.3 is 15.3 Å². The van der Waals surface area contributed by atoms with Crippen molar-refractivity contribution in [2.45, 2.75) is 32.1 Å². The molecule has 5 heteroatoms. The summed E-state index contributed by atoms with van der Waals surface area (Å²) < 4.78 is 0. The number of likely N-dealkylation sites (tertiary alicyclic amines) is 1. The molecule has 0 aromatic rings. The third-order valence-corrected chi connectivity index (χ3v) is 3.12. The molecule has 1 fully saturated rings. The predicted octanol–water partition coefficient (Wildman–Crippen LogP) is 0.699. The van der Waals surface area contributed by atoms with Gasteiger partial charge in [-0.1, -0.05) is 0 Å². The molecule has 1 rings (SSSR count). The van der Waals surface area contributed by atoms with Crippen molar-refractivity contribution in [3.63, 3.8) is 0 Å². The van der Waals surface area contributed by atoms with Gasteiger partial charge in [-0.2, -0.15) is 0 Å². The van der Waals surface area contributed by atoms with E-state index in [1.165, 1.54) is 0 Å². The van der Waals surface area contributed by atoms with Gasteiger partial charge in [0, 0.05) is 25.9 Å². The fraction of sp³-hybridized carbons (Fsp3) is 0.833. The summed E-state index contributed by atoms with van der Waals surface area (Å²) in [6.07, 6.45) is 2.98. The summed E-state index contributed by atoms with van der Waals surface area (Å²) in [4.78, 5) is 24.0. The number of carboxylic acids is 1. The van der Waals surface area contributed by atoms with Gasteiger partial charge >= 0.3 is 5.97 Å². The number of unbranched alkanes of at least 4 members (excludes halogenated alkanes) is 1. The number of amides is 1. The molecule has 17 heavy (non-hydrogen) atoms. The second kappa shape index (κ2) is 7.27. The highest BCUT2D eigenvalue weighted by Gasteiger charge is 2.19. The van der Waals surface area contributed by atoms with Gasteiger partial charge in [0.05, 0.1) is 0 Å². The van der Waals surface area contributed by atoms with E-state index in [9.17, 15) is 9.59 Å². The Morgan fingerprint density at radius 3 is 2.65 bits per heavy atom. The average Bonchev–Trinajstić information content (AvgIpc) is 2.67. The first-order valence-electron chi connectivity index (χ1n) is 6.25. The van der Waals surface area contributed by atoms with Gasteiger partial charge in [0.1, 0.15) is 0 Å². The number of nitrogens with one attached hydrogen (secondary N) is 1. The third kappa shape index (κ3) is 6.26. The number of hydrogen-bond donors (Lipinski definition) is 2. The summed E-state index contributed by atoms with van der Waals surface area (Å²) >= 11 is 0. The number of rotatable bonds is 7. The Labute approximate surface area is 102 Å². The minimum Gasteiger partial charge on any atom is -0.481 e. The molecule has 0 aromatic carbocycles. The monoisotopic (exact) mass is 242 g/mol. The van der Waals surface area contributed by atoms with Crippen LogP contribution in [0.2, 0.25) is 0 Å². The minimum atomic E-state index is -0.792. The molecule has 5 nitrogen and oxygen atoms in total. The molecule has 0 radical (unpaired) electrons. The molecule has 1 unspecified atom stereocenters. The van der Waals surface area contributed by atoms with Crippen LogP contribution in [0.3, 0.4) is 0 Å². The average molecular weight is 242 g/mol. The van der Waals surface area contributed by atoms with Gasteiger partial charge in [-0.05, 0) is 38.8 Å². The molecule has 1 saturated heterocycles. The predicted molar refractivity (Wildman–Crippen MR) is 64.7 cm³/mol. The Balaban J connectivity index is 1.99. The zero-order chi connectivity index (χ0) is 12.7. The third-order valence-electron chi connectivity index (χ3n) is 3.12. The summed E-state index contributed by atoms with van der Waals surface area (Å²) in [7, 11) is 2.09. The van der Waals surface area contributed by atoms with E-state index in [2.05, 4.69) is 17.3 Å². The standard InChI is InChI=1S/C12H22N2O3/c1-14-7-6-10(9-14)8-13-11(15)4-2-3-5-12(16)17/h10H,2-9H2,1H3,(H,13,15)(H,16,17). The smallest absolute Gasteiger partial charge is 0.303 e. The number of hydrogen-bond acceptors (Lipinski definition) is 3. The second-order valence-electron chi connectivity index (χ2n) is 4.82. The second-order valence-corrected chi connectivity index (χ2v) is 4.82. The van der Waals surface area contributed by atoms with E-state index in [0.29, 0.717) is 25.2 Å². The quantitative estimate of drug-likeness (QED) is 0.645. The van der Waals surface area contributed by atoms with Crippen molar-refractivity contribution < 1.29 is 14.7 Å². The lowest BCUT2D eigenvalue weighted by Gasteiger charge is -2.11. The lowest BCUT2D eigenvalue weighted by atomic mass is 10.1. The highest BCUT2D eigenvalue weighted by atomic mass is 16.4. The maximum Gasteiger partial charge on any atom is 0.303 e. The van der Waals surface area contributed by atoms with E-state index < -0.39 is 5.97 Å². The fourth-order valence-electron chi connectivity index (χ4n) is 2.10. The number of carboxylic acid groups (broad SMARTS) is 1. The summed E-state index contributed by atoms with van der Waals surface area (Å²) in [6, 6.07) is 0. The van der Waals surface area contributed by atoms with Crippen LogP contribution >= 0.6 is 0 Å². The van der Waals surface area contributed by atoms with Crippen LogP contribution in [-0.4, -0.2) is 48.6 Å². The van der Waals surface area contributed by atoms with Gasteiger partial charge in [0.2, 0.25) is 5.91 Å². The zero-order valence-electron chi connectivity index (χ0n) is 10.4. The Morgan fingerprint density at radius 2 is 2.06 bits per heavy atom. The molecule has 1 amide bonds. The van der Waals surface area contributed by atoms with Crippen molar-refractivity contribution in [2.24, 2.45) is 5.92 Å². The first kappa shape index (κ1) is 14.0. The van der Waals surface area contributed by atoms with Crippen molar-refractivity contribution in [1.29, 1.82) is 0 Å². The van der Waals surface area contributed by atoms with E-state index in [1.807, 2.05) is 0 Å². The molecule has 1 aliphatic heterocycles. The number of carbonyl (C=O) groups excluding carboxylic acids is 1. The lowest BCUT2D eigenvalue weighted by Crippen LogP contribution is -2.30. The largest absolute Gasteiger partial charge is 0.481 e. The first-order chi connectivity index (χ1) is 8.08. The summed E-state index contributed by atoms with van der Waals surface area (Å²) in [5.41, 5.74) is 0. The molecule has 0 saturated carbocycles. The number of carbonyl (C=O) groups is 2. The number of aliphatic carboxylic acids is 1. The van der Waals surface area contributed by atoms with Crippen LogP contribution in [0.1, 0.15) is 32.1 Å². The molecule has 0 aliphatic carbocycles. The summed E-state index contributed by atoms with van der Waals surface area (Å²) in [5, 5.41) is 11.4. The molecular formula is C12H22N2O3. The molecular weight excluding hydrogens is 220 g/mol. The van der Waals surface area contributed by atoms with Crippen LogP contribution in [-0.2, 0) is 9.59 Å². The van der Waals surface area contributed by atoms with Crippen LogP contribution in [0.5, 0.6) is 0 Å². The molecule has 1 atom stereocenters. The Hall–Kier alpha value is -1.10. The topological polar surface area (TPSA) is 69.6 Å². The SMILES string of the molecule is CN1CCC(CNC(=O)CCCCC(=O)O)C1. The molecule has 0 aromatic heterocycles. The lowest BCUT2D eigenvalue weighted by molar-refractivity contribution is -0.137. The van der Waals surface area contributed by atoms with E-state index in [-0.39, 0.29) is 12.3 Å². The normalized spacial score (nSPS) is 20.4. The first-order valence-corrected chi connectivity index (χ1v) is 6.25. The van der Waals surface area contributed by atoms with Crippen LogP contribution in [0, 0.1) is 5.92 Å². The molecule has 2 N–H and O–H groups in total. The maximum absolute atomic E-state index is 11.5. The molecule has 98 valence electrons. The summed E-state index contributed by atoms with van der Waals surface area (Å²) in [6.45, 7) is 2.92. The Kier molecular flexibility index (Phi) is 5.97. The van der Waals surface area contributed by atoms with Crippen LogP contribution in [0.15, 0.2) is 0 Å². The maximum atomic E-state index is 11.5. The van der Waals surface area contributed by atoms with E-state index in [4.69, 9.17) is 5.11 Å². The van der Waals surface area contributed by atoms with Gasteiger partial charge in [-0.3, -0.25) is 9.59 Å². The Morgan fingerprint density at radius 1 is 1.35 bits per heavy atom. The summed E-state index contributed by atoms with van der Waals surface area (Å²) in [5.74, 6) is -0.174. The van der Waals surface area contributed by atoms with Gasteiger partial charge in [-0.15, -0.1) is 0 Å². The van der Waals surface area contributed by atoms with E-state index >= 15 is 0 Å². The van der Waals surface area contributed by atoms with Gasteiger partial charge in [-0.25, -0.2) is 0 Å². The number of nitrogens with zero attached hydrogens (tertiary/aromatic N) is 1. The highest BCUT2D eigenvalue weighted by molar-refractivity contribution is 5.75. The van der Waals surface area contributed by atoms with Gasteiger partial charge in [0.15, 0.2) is 0 Å². The van der Waals surface area contributed by atoms with Crippen molar-refractivity contribution in [2.75, 3.05) is 26.7 Å². The van der Waals surface area contributed by atoms with Crippen LogP contribution in [0.25, 0.3) is 0 Å². The van der Waals surface area contributed by atoms with Crippen LogP contribution in [0.4, 0.5) is 0 Å². The van der Waals surface area contributed by atoms with Crippen molar-refractivity contribution in [1.82, 2.24) is 10.2 Å². The van der Waals surface area contributed by atoms with Gasteiger partial charge in [0.25, 0.3) is 0 Å².